The number of ether oxygens (including phenoxy) is 3. The number of rotatable bonds is 14. The average Bonchev–Trinajstić information content (AvgIpc) is 2.75. The molecule has 2 aromatic carbocycles. The van der Waals surface area contributed by atoms with Gasteiger partial charge < -0.3 is 19.0 Å². The van der Waals surface area contributed by atoms with Gasteiger partial charge in [0.15, 0.2) is 0 Å². The van der Waals surface area contributed by atoms with E-state index >= 15 is 0 Å². The molecule has 0 saturated carbocycles. The van der Waals surface area contributed by atoms with Crippen LogP contribution in [0.4, 0.5) is 0 Å². The molecular formula is C24H30O4. The lowest BCUT2D eigenvalue weighted by molar-refractivity contribution is -0.107. The third-order valence-electron chi connectivity index (χ3n) is 4.32. The maximum Gasteiger partial charge on any atom is 0.120 e. The molecule has 0 bridgehead atoms. The molecule has 4 heteroatoms. The van der Waals surface area contributed by atoms with E-state index in [1.165, 1.54) is 0 Å². The smallest absolute Gasteiger partial charge is 0.120 e. The van der Waals surface area contributed by atoms with Crippen LogP contribution in [0.1, 0.15) is 36.8 Å². The zero-order chi connectivity index (χ0) is 19.9. The van der Waals surface area contributed by atoms with Crippen LogP contribution in [0, 0.1) is 0 Å². The average molecular weight is 383 g/mol. The van der Waals surface area contributed by atoms with E-state index in [0.29, 0.717) is 26.2 Å². The predicted molar refractivity (Wildman–Crippen MR) is 111 cm³/mol. The molecule has 0 aliphatic heterocycles. The van der Waals surface area contributed by atoms with E-state index in [1.807, 2.05) is 42.5 Å². The fourth-order valence-corrected chi connectivity index (χ4v) is 2.69. The van der Waals surface area contributed by atoms with E-state index < -0.39 is 0 Å². The molecule has 0 spiro atoms. The summed E-state index contributed by atoms with van der Waals surface area (Å²) >= 11 is 0. The van der Waals surface area contributed by atoms with Gasteiger partial charge in [0, 0.05) is 6.42 Å². The standard InChI is InChI=1S/C24H30O4/c1-26-23-15-13-22(14-16-23)18-27-20-24(12-8-3-2-4-9-17-25)28-19-21-10-6-5-7-11-21/h3,5-8,10-11,13-17,24H,2,4,9,12,18-20H2,1H3/b8-3-/t24-/m1/s1. The van der Waals surface area contributed by atoms with Gasteiger partial charge in [-0.05, 0) is 42.5 Å². The van der Waals surface area contributed by atoms with Gasteiger partial charge in [0.2, 0.25) is 0 Å². The third-order valence-corrected chi connectivity index (χ3v) is 4.32. The van der Waals surface area contributed by atoms with Gasteiger partial charge in [-0.25, -0.2) is 0 Å². The van der Waals surface area contributed by atoms with Crippen molar-refractivity contribution in [2.75, 3.05) is 13.7 Å². The molecule has 4 nitrogen and oxygen atoms in total. The van der Waals surface area contributed by atoms with Gasteiger partial charge in [-0.2, -0.15) is 0 Å². The minimum Gasteiger partial charge on any atom is -0.497 e. The normalized spacial score (nSPS) is 12.2. The summed E-state index contributed by atoms with van der Waals surface area (Å²) in [5.74, 6) is 0.840. The minimum atomic E-state index is -0.0132. The second-order valence-corrected chi connectivity index (χ2v) is 6.59. The zero-order valence-corrected chi connectivity index (χ0v) is 16.6. The molecule has 0 unspecified atom stereocenters. The molecule has 0 amide bonds. The van der Waals surface area contributed by atoms with Crippen LogP contribution in [0.3, 0.4) is 0 Å². The molecule has 0 fully saturated rings. The largest absolute Gasteiger partial charge is 0.497 e. The molecule has 28 heavy (non-hydrogen) atoms. The number of carbonyl (C=O) groups excluding carboxylic acids is 1. The monoisotopic (exact) mass is 382 g/mol. The Kier molecular flexibility index (Phi) is 10.7. The Morgan fingerprint density at radius 2 is 1.64 bits per heavy atom. The summed E-state index contributed by atoms with van der Waals surface area (Å²) in [5, 5.41) is 0. The molecular weight excluding hydrogens is 352 g/mol. The Morgan fingerprint density at radius 1 is 0.893 bits per heavy atom. The Hall–Kier alpha value is -2.43. The Morgan fingerprint density at radius 3 is 2.36 bits per heavy atom. The van der Waals surface area contributed by atoms with Gasteiger partial charge in [0.25, 0.3) is 0 Å². The summed E-state index contributed by atoms with van der Waals surface area (Å²) in [7, 11) is 1.66. The lowest BCUT2D eigenvalue weighted by Crippen LogP contribution is -2.19. The first kappa shape index (κ1) is 21.9. The van der Waals surface area contributed by atoms with Crippen LogP contribution in [-0.4, -0.2) is 26.1 Å². The first-order chi connectivity index (χ1) is 13.8. The van der Waals surface area contributed by atoms with Crippen LogP contribution in [0.2, 0.25) is 0 Å². The van der Waals surface area contributed by atoms with Gasteiger partial charge >= 0.3 is 0 Å². The molecule has 0 radical (unpaired) electrons. The van der Waals surface area contributed by atoms with Crippen molar-refractivity contribution in [3.8, 4) is 5.75 Å². The molecule has 0 N–H and O–H groups in total. The second-order valence-electron chi connectivity index (χ2n) is 6.59. The first-order valence-electron chi connectivity index (χ1n) is 9.76. The van der Waals surface area contributed by atoms with Crippen LogP contribution >= 0.6 is 0 Å². The van der Waals surface area contributed by atoms with E-state index in [4.69, 9.17) is 14.2 Å². The van der Waals surface area contributed by atoms with Crippen LogP contribution in [0.15, 0.2) is 66.7 Å². The number of benzene rings is 2. The summed E-state index contributed by atoms with van der Waals surface area (Å²) in [4.78, 5) is 10.4. The van der Waals surface area contributed by atoms with Gasteiger partial charge in [-0.1, -0.05) is 54.6 Å². The zero-order valence-electron chi connectivity index (χ0n) is 16.6. The molecule has 0 aromatic heterocycles. The van der Waals surface area contributed by atoms with Crippen molar-refractivity contribution < 1.29 is 19.0 Å². The van der Waals surface area contributed by atoms with Crippen molar-refractivity contribution in [2.24, 2.45) is 0 Å². The minimum absolute atomic E-state index is 0.0132. The Bertz CT molecular complexity index is 680. The lowest BCUT2D eigenvalue weighted by Gasteiger charge is -2.17. The van der Waals surface area contributed by atoms with E-state index in [9.17, 15) is 4.79 Å². The molecule has 0 aliphatic carbocycles. The highest BCUT2D eigenvalue weighted by Crippen LogP contribution is 2.13. The maximum absolute atomic E-state index is 10.4. The topological polar surface area (TPSA) is 44.8 Å². The van der Waals surface area contributed by atoms with Crippen LogP contribution < -0.4 is 4.74 Å². The SMILES string of the molecule is COc1ccc(COC[C@@H](C/C=C\CCCC=O)OCc2ccccc2)cc1. The summed E-state index contributed by atoms with van der Waals surface area (Å²) in [5.41, 5.74) is 2.25. The number of methoxy groups -OCH3 is 1. The van der Waals surface area contributed by atoms with E-state index in [0.717, 1.165) is 42.4 Å². The van der Waals surface area contributed by atoms with Gasteiger partial charge in [0.05, 0.1) is 33.0 Å². The lowest BCUT2D eigenvalue weighted by atomic mass is 10.2. The van der Waals surface area contributed by atoms with Crippen LogP contribution in [0.5, 0.6) is 5.75 Å². The van der Waals surface area contributed by atoms with Crippen molar-refractivity contribution in [1.29, 1.82) is 0 Å². The van der Waals surface area contributed by atoms with Crippen LogP contribution in [0.25, 0.3) is 0 Å². The number of unbranched alkanes of at least 4 members (excludes halogenated alkanes) is 2. The molecule has 2 aromatic rings. The first-order valence-corrected chi connectivity index (χ1v) is 9.76. The van der Waals surface area contributed by atoms with Crippen molar-refractivity contribution >= 4 is 6.29 Å². The Labute approximate surface area is 168 Å². The summed E-state index contributed by atoms with van der Waals surface area (Å²) in [6.45, 7) is 1.63. The molecule has 0 aliphatic rings. The number of carbonyl (C=O) groups is 1. The molecule has 0 heterocycles. The van der Waals surface area contributed by atoms with Crippen molar-refractivity contribution in [2.45, 2.75) is 45.0 Å². The Balaban J connectivity index is 1.80. The second kappa shape index (κ2) is 13.7. The summed E-state index contributed by atoms with van der Waals surface area (Å²) in [6, 6.07) is 18.0. The van der Waals surface area contributed by atoms with E-state index in [2.05, 4.69) is 24.3 Å². The highest BCUT2D eigenvalue weighted by molar-refractivity contribution is 5.49. The van der Waals surface area contributed by atoms with Crippen molar-refractivity contribution in [3.05, 3.63) is 77.9 Å². The highest BCUT2D eigenvalue weighted by atomic mass is 16.5. The number of aldehydes is 1. The highest BCUT2D eigenvalue weighted by Gasteiger charge is 2.09. The molecule has 150 valence electrons. The quantitative estimate of drug-likeness (QED) is 0.259. The number of allylic oxidation sites excluding steroid dienone is 1. The van der Waals surface area contributed by atoms with Gasteiger partial charge in [-0.15, -0.1) is 0 Å². The van der Waals surface area contributed by atoms with E-state index in [1.54, 1.807) is 7.11 Å². The van der Waals surface area contributed by atoms with Crippen molar-refractivity contribution in [3.63, 3.8) is 0 Å². The summed E-state index contributed by atoms with van der Waals surface area (Å²) in [6.07, 6.45) is 8.40. The van der Waals surface area contributed by atoms with Crippen LogP contribution in [-0.2, 0) is 27.5 Å². The summed E-state index contributed by atoms with van der Waals surface area (Å²) < 4.78 is 17.1. The fraction of sp³-hybridized carbons (Fsp3) is 0.375. The van der Waals surface area contributed by atoms with Crippen molar-refractivity contribution in [1.82, 2.24) is 0 Å². The van der Waals surface area contributed by atoms with Gasteiger partial charge in [0.1, 0.15) is 12.0 Å². The van der Waals surface area contributed by atoms with E-state index in [-0.39, 0.29) is 6.10 Å². The molecule has 0 saturated heterocycles. The maximum atomic E-state index is 10.4. The molecule has 1 atom stereocenters. The number of hydrogen-bond acceptors (Lipinski definition) is 4. The predicted octanol–water partition coefficient (Wildman–Crippen LogP) is 5.11. The third kappa shape index (κ3) is 8.98. The molecule has 2 rings (SSSR count). The van der Waals surface area contributed by atoms with Gasteiger partial charge in [-0.3, -0.25) is 0 Å². The fourth-order valence-electron chi connectivity index (χ4n) is 2.69. The number of hydrogen-bond donors (Lipinski definition) is 0.